The molecule has 3 aliphatic rings. The van der Waals surface area contributed by atoms with Crippen LogP contribution in [0.25, 0.3) is 5.57 Å². The molecule has 3 heterocycles. The smallest absolute Gasteiger partial charge is 0.157 e. The number of hydrogen-bond acceptors (Lipinski definition) is 6. The minimum atomic E-state index is -1.04. The lowest BCUT2D eigenvalue weighted by molar-refractivity contribution is 0.143. The molecule has 3 N–H and O–H groups in total. The van der Waals surface area contributed by atoms with Gasteiger partial charge >= 0.3 is 0 Å². The molecule has 132 valence electrons. The highest BCUT2D eigenvalue weighted by Gasteiger charge is 2.38. The van der Waals surface area contributed by atoms with Gasteiger partial charge in [0.15, 0.2) is 5.82 Å². The van der Waals surface area contributed by atoms with Crippen LogP contribution in [0.5, 0.6) is 0 Å². The Bertz CT molecular complexity index is 685. The van der Waals surface area contributed by atoms with Crippen LogP contribution < -0.4 is 10.6 Å². The molecule has 6 nitrogen and oxygen atoms in total. The van der Waals surface area contributed by atoms with Gasteiger partial charge in [0, 0.05) is 18.7 Å². The number of aliphatic hydroxyl groups excluding tert-OH is 1. The van der Waals surface area contributed by atoms with Crippen LogP contribution in [0.2, 0.25) is 0 Å². The minimum absolute atomic E-state index is 0. The van der Waals surface area contributed by atoms with E-state index in [4.69, 9.17) is 4.98 Å². The van der Waals surface area contributed by atoms with E-state index in [-0.39, 0.29) is 24.6 Å². The normalized spacial score (nSPS) is 24.4. The fourth-order valence-electron chi connectivity index (χ4n) is 3.43. The van der Waals surface area contributed by atoms with E-state index in [1.54, 1.807) is 0 Å². The lowest BCUT2D eigenvalue weighted by Crippen LogP contribution is -2.48. The van der Waals surface area contributed by atoms with Crippen molar-refractivity contribution in [1.82, 2.24) is 15.3 Å². The molecule has 24 heavy (non-hydrogen) atoms. The number of aryl methyl sites for hydroxylation is 1. The zero-order chi connectivity index (χ0) is 15.9. The van der Waals surface area contributed by atoms with Crippen molar-refractivity contribution in [2.75, 3.05) is 30.8 Å². The first-order chi connectivity index (χ1) is 11.2. The van der Waals surface area contributed by atoms with E-state index in [0.29, 0.717) is 11.6 Å². The van der Waals surface area contributed by atoms with Gasteiger partial charge in [0.05, 0.1) is 28.6 Å². The largest absolute Gasteiger partial charge is 0.394 e. The fourth-order valence-corrected chi connectivity index (χ4v) is 4.73. The average Bonchev–Trinajstić information content (AvgIpc) is 2.93. The Morgan fingerprint density at radius 2 is 2.17 bits per heavy atom. The van der Waals surface area contributed by atoms with Crippen LogP contribution in [-0.4, -0.2) is 50.3 Å². The van der Waals surface area contributed by atoms with Gasteiger partial charge < -0.3 is 15.7 Å². The molecule has 0 unspecified atom stereocenters. The third-order valence-electron chi connectivity index (χ3n) is 5.04. The van der Waals surface area contributed by atoms with Gasteiger partial charge in [0.1, 0.15) is 10.7 Å². The first-order valence-electron chi connectivity index (χ1n) is 8.29. The maximum absolute atomic E-state index is 12.4. The molecule has 1 saturated carbocycles. The van der Waals surface area contributed by atoms with Gasteiger partial charge in [-0.3, -0.25) is 4.21 Å². The summed E-state index contributed by atoms with van der Waals surface area (Å²) in [4.78, 5) is 10.1. The SMILES string of the molecule is Cl.O=[S@]1CCc2nc(C3=CCNCC3)nc(NC3(CO)CCC3)c21. The summed E-state index contributed by atoms with van der Waals surface area (Å²) < 4.78 is 12.4. The molecule has 1 aliphatic carbocycles. The summed E-state index contributed by atoms with van der Waals surface area (Å²) in [5, 5.41) is 16.4. The van der Waals surface area contributed by atoms with Crippen molar-refractivity contribution in [1.29, 1.82) is 0 Å². The van der Waals surface area contributed by atoms with Crippen molar-refractivity contribution in [3.05, 3.63) is 17.6 Å². The van der Waals surface area contributed by atoms with Gasteiger partial charge in [-0.25, -0.2) is 9.97 Å². The number of hydrogen-bond donors (Lipinski definition) is 3. The molecule has 0 bridgehead atoms. The van der Waals surface area contributed by atoms with Crippen LogP contribution in [0, 0.1) is 0 Å². The van der Waals surface area contributed by atoms with E-state index in [9.17, 15) is 9.32 Å². The Hall–Kier alpha value is -1.02. The molecular weight excluding hydrogens is 348 g/mol. The first-order valence-corrected chi connectivity index (χ1v) is 9.61. The molecule has 0 spiro atoms. The van der Waals surface area contributed by atoms with Crippen LogP contribution >= 0.6 is 12.4 Å². The van der Waals surface area contributed by atoms with Crippen LogP contribution in [0.4, 0.5) is 5.82 Å². The van der Waals surface area contributed by atoms with Gasteiger partial charge in [-0.05, 0) is 37.8 Å². The molecule has 2 aliphatic heterocycles. The number of aliphatic hydroxyl groups is 1. The van der Waals surface area contributed by atoms with Gasteiger partial charge in [0.2, 0.25) is 0 Å². The van der Waals surface area contributed by atoms with Crippen LogP contribution in [0.1, 0.15) is 37.2 Å². The summed E-state index contributed by atoms with van der Waals surface area (Å²) in [6, 6.07) is 0. The van der Waals surface area contributed by atoms with Crippen molar-refractivity contribution in [3.8, 4) is 0 Å². The predicted molar refractivity (Wildman–Crippen MR) is 97.0 cm³/mol. The van der Waals surface area contributed by atoms with Crippen molar-refractivity contribution in [2.24, 2.45) is 0 Å². The average molecular weight is 371 g/mol. The van der Waals surface area contributed by atoms with Crippen LogP contribution in [0.15, 0.2) is 11.0 Å². The van der Waals surface area contributed by atoms with Crippen molar-refractivity contribution in [2.45, 2.75) is 42.5 Å². The second-order valence-electron chi connectivity index (χ2n) is 6.57. The van der Waals surface area contributed by atoms with E-state index in [1.807, 2.05) is 0 Å². The maximum Gasteiger partial charge on any atom is 0.157 e. The Morgan fingerprint density at radius 3 is 2.79 bits per heavy atom. The Labute approximate surface area is 150 Å². The second kappa shape index (κ2) is 7.07. The third-order valence-corrected chi connectivity index (χ3v) is 6.49. The fraction of sp³-hybridized carbons (Fsp3) is 0.625. The summed E-state index contributed by atoms with van der Waals surface area (Å²) >= 11 is 0. The summed E-state index contributed by atoms with van der Waals surface area (Å²) in [6.45, 7) is 1.85. The number of anilines is 1. The van der Waals surface area contributed by atoms with Crippen LogP contribution in [0.3, 0.4) is 0 Å². The van der Waals surface area contributed by atoms with E-state index in [2.05, 4.69) is 21.7 Å². The number of nitrogens with one attached hydrogen (secondary N) is 2. The molecule has 1 aromatic heterocycles. The molecule has 0 saturated heterocycles. The lowest BCUT2D eigenvalue weighted by Gasteiger charge is -2.41. The minimum Gasteiger partial charge on any atom is -0.394 e. The van der Waals surface area contributed by atoms with E-state index in [0.717, 1.165) is 67.2 Å². The third kappa shape index (κ3) is 3.10. The molecule has 1 fully saturated rings. The van der Waals surface area contributed by atoms with Crippen LogP contribution in [-0.2, 0) is 17.2 Å². The molecule has 1 atom stereocenters. The Morgan fingerprint density at radius 1 is 1.33 bits per heavy atom. The number of nitrogens with zero attached hydrogens (tertiary/aromatic N) is 2. The molecule has 0 aromatic carbocycles. The summed E-state index contributed by atoms with van der Waals surface area (Å²) in [7, 11) is -1.04. The van der Waals surface area contributed by atoms with Crippen molar-refractivity contribution in [3.63, 3.8) is 0 Å². The maximum atomic E-state index is 12.4. The predicted octanol–water partition coefficient (Wildman–Crippen LogP) is 1.27. The zero-order valence-corrected chi connectivity index (χ0v) is 15.1. The van der Waals surface area contributed by atoms with Gasteiger partial charge in [-0.1, -0.05) is 6.08 Å². The van der Waals surface area contributed by atoms with Gasteiger partial charge in [-0.2, -0.15) is 0 Å². The van der Waals surface area contributed by atoms with E-state index in [1.165, 1.54) is 0 Å². The van der Waals surface area contributed by atoms with Gasteiger partial charge in [-0.15, -0.1) is 12.4 Å². The van der Waals surface area contributed by atoms with Gasteiger partial charge in [0.25, 0.3) is 0 Å². The molecular formula is C16H23ClN4O2S. The topological polar surface area (TPSA) is 87.1 Å². The molecule has 8 heteroatoms. The number of rotatable bonds is 4. The summed E-state index contributed by atoms with van der Waals surface area (Å²) in [5.41, 5.74) is 1.76. The highest BCUT2D eigenvalue weighted by Crippen LogP contribution is 2.38. The van der Waals surface area contributed by atoms with Crippen molar-refractivity contribution >= 4 is 34.6 Å². The number of fused-ring (bicyclic) bond motifs is 1. The lowest BCUT2D eigenvalue weighted by atomic mass is 9.77. The highest BCUT2D eigenvalue weighted by molar-refractivity contribution is 7.85. The summed E-state index contributed by atoms with van der Waals surface area (Å²) in [6.07, 6.45) is 6.74. The highest BCUT2D eigenvalue weighted by atomic mass is 35.5. The van der Waals surface area contributed by atoms with E-state index >= 15 is 0 Å². The molecule has 1 aromatic rings. The monoisotopic (exact) mass is 370 g/mol. The van der Waals surface area contributed by atoms with E-state index < -0.39 is 10.8 Å². The molecule has 0 radical (unpaired) electrons. The number of aromatic nitrogens is 2. The Balaban J connectivity index is 0.00000169. The Kier molecular flexibility index (Phi) is 5.24. The number of halogens is 1. The second-order valence-corrected chi connectivity index (χ2v) is 8.08. The quantitative estimate of drug-likeness (QED) is 0.739. The first kappa shape index (κ1) is 17.8. The zero-order valence-electron chi connectivity index (χ0n) is 13.5. The molecule has 4 rings (SSSR count). The summed E-state index contributed by atoms with van der Waals surface area (Å²) in [5.74, 6) is 2.04. The molecule has 0 amide bonds. The van der Waals surface area contributed by atoms with Crippen molar-refractivity contribution < 1.29 is 9.32 Å². The standard InChI is InChI=1S/C16H22N4O2S.ClH/c21-10-16(5-1-6-16)20-15-13-12(4-9-23(13)22)18-14(19-15)11-2-7-17-8-3-11;/h2,17,21H,1,3-10H2,(H,18,19,20);1H/t23-;/m0./s1.